The molecule has 0 bridgehead atoms. The maximum atomic E-state index is 12.5. The van der Waals surface area contributed by atoms with Crippen molar-refractivity contribution in [2.45, 2.75) is 61.4 Å². The van der Waals surface area contributed by atoms with Gasteiger partial charge in [-0.15, -0.1) is 0 Å². The van der Waals surface area contributed by atoms with Crippen LogP contribution >= 0.6 is 0 Å². The molecule has 36 heavy (non-hydrogen) atoms. The topological polar surface area (TPSA) is 188 Å². The van der Waals surface area contributed by atoms with Gasteiger partial charge in [0.1, 0.15) is 12.2 Å². The van der Waals surface area contributed by atoms with Gasteiger partial charge in [-0.1, -0.05) is 5.11 Å². The lowest BCUT2D eigenvalue weighted by atomic mass is 10.0. The molecule has 1 aromatic heterocycles. The number of aliphatic hydroxyl groups is 1. The number of nitrogens with zero attached hydrogens (tertiary/aromatic N) is 4. The van der Waals surface area contributed by atoms with Crippen LogP contribution in [0.3, 0.4) is 0 Å². The van der Waals surface area contributed by atoms with Crippen LogP contribution in [-0.2, 0) is 33.2 Å². The number of hydrogen-bond donors (Lipinski definition) is 2. The molecule has 0 aromatic carbocycles. The van der Waals surface area contributed by atoms with E-state index in [9.17, 15) is 20.2 Å². The van der Waals surface area contributed by atoms with Gasteiger partial charge < -0.3 is 38.3 Å². The van der Waals surface area contributed by atoms with Crippen LogP contribution < -0.4 is 11.2 Å². The second-order valence-corrected chi connectivity index (χ2v) is 8.83. The highest BCUT2D eigenvalue weighted by molar-refractivity contribution is 5.04. The van der Waals surface area contributed by atoms with Crippen LogP contribution in [0.1, 0.15) is 31.9 Å². The zero-order valence-corrected chi connectivity index (χ0v) is 20.2. The van der Waals surface area contributed by atoms with E-state index < -0.39 is 47.0 Å². The monoisotopic (exact) mass is 513 g/mol. The van der Waals surface area contributed by atoms with Crippen LogP contribution in [0.4, 0.5) is 0 Å². The van der Waals surface area contributed by atoms with Gasteiger partial charge in [0.15, 0.2) is 17.8 Å². The van der Waals surface area contributed by atoms with Crippen molar-refractivity contribution < 1.29 is 38.3 Å². The fourth-order valence-corrected chi connectivity index (χ4v) is 4.68. The Hall–Kier alpha value is -2.33. The molecule has 3 fully saturated rings. The lowest BCUT2D eigenvalue weighted by Gasteiger charge is -2.42. The molecule has 4 heterocycles. The van der Waals surface area contributed by atoms with Crippen molar-refractivity contribution in [2.75, 3.05) is 47.3 Å². The van der Waals surface area contributed by atoms with Crippen LogP contribution in [0.2, 0.25) is 0 Å². The number of rotatable bonds is 9. The van der Waals surface area contributed by atoms with E-state index in [1.54, 1.807) is 0 Å². The Labute approximate surface area is 205 Å². The predicted octanol–water partition coefficient (Wildman–Crippen LogP) is 0.141. The van der Waals surface area contributed by atoms with Gasteiger partial charge in [0.05, 0.1) is 33.0 Å². The molecular weight excluding hydrogens is 482 g/mol. The molecule has 200 valence electrons. The molecule has 1 aromatic rings. The van der Waals surface area contributed by atoms with Crippen molar-refractivity contribution in [1.82, 2.24) is 9.55 Å². The van der Waals surface area contributed by atoms with E-state index in [1.807, 2.05) is 0 Å². The van der Waals surface area contributed by atoms with E-state index in [2.05, 4.69) is 15.0 Å². The first kappa shape index (κ1) is 26.7. The molecule has 0 aliphatic carbocycles. The van der Waals surface area contributed by atoms with E-state index in [4.69, 9.17) is 33.2 Å². The van der Waals surface area contributed by atoms with Crippen molar-refractivity contribution in [3.05, 3.63) is 43.5 Å². The third-order valence-electron chi connectivity index (χ3n) is 6.85. The first-order chi connectivity index (χ1) is 17.3. The SMILES string of the molecule is COC1(OC[C@@]2(N=[N+]=[N-])O[C@@H](n3ccc(=O)[nH]c3=O)[C@@H](O)[C@@H]2OC2(OC)CCOCC2)CCOCC1. The summed E-state index contributed by atoms with van der Waals surface area (Å²) >= 11 is 0. The third kappa shape index (κ3) is 5.20. The average molecular weight is 514 g/mol. The number of H-pyrrole nitrogens is 1. The van der Waals surface area contributed by atoms with Gasteiger partial charge in [0.2, 0.25) is 5.72 Å². The Kier molecular flexibility index (Phi) is 8.14. The van der Waals surface area contributed by atoms with Crippen molar-refractivity contribution in [1.29, 1.82) is 0 Å². The second kappa shape index (κ2) is 11.0. The summed E-state index contributed by atoms with van der Waals surface area (Å²) in [5, 5.41) is 15.3. The molecule has 0 unspecified atom stereocenters. The molecule has 15 nitrogen and oxygen atoms in total. The van der Waals surface area contributed by atoms with E-state index in [0.29, 0.717) is 52.1 Å². The molecule has 2 N–H and O–H groups in total. The fourth-order valence-electron chi connectivity index (χ4n) is 4.68. The molecule has 15 heteroatoms. The van der Waals surface area contributed by atoms with Gasteiger partial charge in [-0.25, -0.2) is 4.79 Å². The van der Waals surface area contributed by atoms with E-state index in [-0.39, 0.29) is 6.61 Å². The second-order valence-electron chi connectivity index (χ2n) is 8.83. The Morgan fingerprint density at radius 2 is 1.75 bits per heavy atom. The minimum absolute atomic E-state index is 0.336. The lowest BCUT2D eigenvalue weighted by molar-refractivity contribution is -0.315. The van der Waals surface area contributed by atoms with Gasteiger partial charge in [0.25, 0.3) is 5.56 Å². The van der Waals surface area contributed by atoms with Crippen LogP contribution in [0, 0.1) is 0 Å². The fraction of sp³-hybridized carbons (Fsp3) is 0.810. The highest BCUT2D eigenvalue weighted by Crippen LogP contribution is 2.44. The molecule has 0 saturated carbocycles. The standard InChI is InChI=1S/C21H31N5O10/c1-30-19(4-9-32-10-5-19)34-13-21(24-25-22)16(35-20(31-2)6-11-33-12-7-20)15(28)17(36-21)26-8-3-14(27)23-18(26)29/h3,8,15-17,28H,4-7,9-13H2,1-2H3,(H,23,27,29)/t15-,16-,17+,21+/m0/s1. The summed E-state index contributed by atoms with van der Waals surface area (Å²) in [5.41, 5.74) is 6.12. The molecule has 3 saturated heterocycles. The summed E-state index contributed by atoms with van der Waals surface area (Å²) in [6.07, 6.45) is -1.57. The summed E-state index contributed by atoms with van der Waals surface area (Å²) in [5.74, 6) is -2.22. The number of aromatic nitrogens is 2. The number of azide groups is 1. The molecule has 4 atom stereocenters. The molecule has 3 aliphatic rings. The smallest absolute Gasteiger partial charge is 0.330 e. The average Bonchev–Trinajstić information content (AvgIpc) is 3.15. The van der Waals surface area contributed by atoms with E-state index in [1.165, 1.54) is 20.4 Å². The van der Waals surface area contributed by atoms with Gasteiger partial charge in [0, 0.05) is 57.1 Å². The molecule has 4 rings (SSSR count). The molecule has 0 amide bonds. The third-order valence-corrected chi connectivity index (χ3v) is 6.85. The Morgan fingerprint density at radius 1 is 1.14 bits per heavy atom. The van der Waals surface area contributed by atoms with Gasteiger partial charge in [-0.3, -0.25) is 14.3 Å². The predicted molar refractivity (Wildman–Crippen MR) is 120 cm³/mol. The number of aliphatic hydroxyl groups excluding tert-OH is 1. The highest BCUT2D eigenvalue weighted by atomic mass is 16.7. The minimum atomic E-state index is -1.93. The van der Waals surface area contributed by atoms with Crippen molar-refractivity contribution in [3.63, 3.8) is 0 Å². The zero-order valence-electron chi connectivity index (χ0n) is 20.2. The van der Waals surface area contributed by atoms with Crippen molar-refractivity contribution in [3.8, 4) is 0 Å². The van der Waals surface area contributed by atoms with Crippen LogP contribution in [0.15, 0.2) is 27.0 Å². The Bertz CT molecular complexity index is 1060. The number of hydrogen-bond acceptors (Lipinski definition) is 11. The van der Waals surface area contributed by atoms with Crippen molar-refractivity contribution >= 4 is 0 Å². The Morgan fingerprint density at radius 3 is 2.31 bits per heavy atom. The molecular formula is C21H31N5O10. The molecule has 3 aliphatic heterocycles. The van der Waals surface area contributed by atoms with Crippen LogP contribution in [0.5, 0.6) is 0 Å². The quantitative estimate of drug-likeness (QED) is 0.199. The molecule has 0 spiro atoms. The Balaban J connectivity index is 1.72. The highest BCUT2D eigenvalue weighted by Gasteiger charge is 2.60. The van der Waals surface area contributed by atoms with E-state index >= 15 is 0 Å². The summed E-state index contributed by atoms with van der Waals surface area (Å²) in [4.78, 5) is 29.2. The normalized spacial score (nSPS) is 31.6. The maximum absolute atomic E-state index is 12.5. The van der Waals surface area contributed by atoms with Gasteiger partial charge in [-0.05, 0) is 5.53 Å². The van der Waals surface area contributed by atoms with Crippen LogP contribution in [-0.4, -0.2) is 91.4 Å². The minimum Gasteiger partial charge on any atom is -0.386 e. The first-order valence-electron chi connectivity index (χ1n) is 11.6. The summed E-state index contributed by atoms with van der Waals surface area (Å²) in [6, 6.07) is 1.11. The largest absolute Gasteiger partial charge is 0.386 e. The summed E-state index contributed by atoms with van der Waals surface area (Å²) < 4.78 is 41.6. The zero-order chi connectivity index (χ0) is 25.8. The van der Waals surface area contributed by atoms with Crippen molar-refractivity contribution in [2.24, 2.45) is 5.11 Å². The number of methoxy groups -OCH3 is 2. The lowest BCUT2D eigenvalue weighted by Crippen LogP contribution is -2.55. The summed E-state index contributed by atoms with van der Waals surface area (Å²) in [7, 11) is 2.96. The van der Waals surface area contributed by atoms with Crippen LogP contribution in [0.25, 0.3) is 10.4 Å². The first-order valence-corrected chi connectivity index (χ1v) is 11.6. The molecule has 0 radical (unpaired) electrons. The number of aromatic amines is 1. The maximum Gasteiger partial charge on any atom is 0.330 e. The number of nitrogens with one attached hydrogen (secondary N) is 1. The van der Waals surface area contributed by atoms with Gasteiger partial charge in [-0.2, -0.15) is 0 Å². The van der Waals surface area contributed by atoms with Gasteiger partial charge >= 0.3 is 5.69 Å². The van der Waals surface area contributed by atoms with E-state index in [0.717, 1.165) is 10.6 Å². The summed E-state index contributed by atoms with van der Waals surface area (Å²) in [6.45, 7) is 1.11. The number of ether oxygens (including phenoxy) is 7.